The van der Waals surface area contributed by atoms with Gasteiger partial charge < -0.3 is 24.8 Å². The fourth-order valence-electron chi connectivity index (χ4n) is 3.01. The largest absolute Gasteiger partial charge is 0.493 e. The van der Waals surface area contributed by atoms with Gasteiger partial charge in [-0.05, 0) is 43.5 Å². The Morgan fingerprint density at radius 2 is 1.73 bits per heavy atom. The zero-order valence-corrected chi connectivity index (χ0v) is 20.3. The van der Waals surface area contributed by atoms with Gasteiger partial charge >= 0.3 is 0 Å². The lowest BCUT2D eigenvalue weighted by Gasteiger charge is -2.15. The lowest BCUT2D eigenvalue weighted by molar-refractivity contribution is 0.322. The Morgan fingerprint density at radius 3 is 2.37 bits per heavy atom. The number of ether oxygens (including phenoxy) is 3. The van der Waals surface area contributed by atoms with E-state index in [0.29, 0.717) is 43.2 Å². The van der Waals surface area contributed by atoms with Crippen LogP contribution in [0.1, 0.15) is 18.1 Å². The summed E-state index contributed by atoms with van der Waals surface area (Å²) in [5.74, 6) is 2.38. The van der Waals surface area contributed by atoms with E-state index in [-0.39, 0.29) is 29.8 Å². The number of aliphatic imine (C=N–C) groups is 1. The van der Waals surface area contributed by atoms with Crippen molar-refractivity contribution in [1.29, 1.82) is 0 Å². The third kappa shape index (κ3) is 7.55. The Bertz CT molecular complexity index is 818. The van der Waals surface area contributed by atoms with Crippen LogP contribution in [0.2, 0.25) is 0 Å². The Hall–Kier alpha value is -2.23. The molecule has 2 aromatic carbocycles. The fourth-order valence-corrected chi connectivity index (χ4v) is 3.01. The van der Waals surface area contributed by atoms with E-state index >= 15 is 0 Å². The van der Waals surface area contributed by atoms with E-state index < -0.39 is 0 Å². The molecular weight excluding hydrogens is 500 g/mol. The Morgan fingerprint density at radius 1 is 0.967 bits per heavy atom. The highest BCUT2D eigenvalue weighted by atomic mass is 127. The first kappa shape index (κ1) is 25.8. The highest BCUT2D eigenvalue weighted by molar-refractivity contribution is 14.0. The molecule has 0 amide bonds. The van der Waals surface area contributed by atoms with Gasteiger partial charge in [0.1, 0.15) is 5.82 Å². The van der Waals surface area contributed by atoms with Gasteiger partial charge in [0.05, 0.1) is 21.3 Å². The third-order valence-corrected chi connectivity index (χ3v) is 4.38. The maximum Gasteiger partial charge on any atom is 0.203 e. The van der Waals surface area contributed by atoms with Gasteiger partial charge in [-0.3, -0.25) is 4.99 Å². The van der Waals surface area contributed by atoms with E-state index in [1.54, 1.807) is 33.5 Å². The summed E-state index contributed by atoms with van der Waals surface area (Å²) >= 11 is 0. The van der Waals surface area contributed by atoms with Crippen LogP contribution < -0.4 is 24.8 Å². The highest BCUT2D eigenvalue weighted by Gasteiger charge is 2.15. The Balaban J connectivity index is 0.00000450. The van der Waals surface area contributed by atoms with Crippen LogP contribution in [0.3, 0.4) is 0 Å². The average Bonchev–Trinajstić information content (AvgIpc) is 2.73. The normalized spacial score (nSPS) is 10.8. The summed E-state index contributed by atoms with van der Waals surface area (Å²) in [7, 11) is 4.80. The summed E-state index contributed by atoms with van der Waals surface area (Å²) in [6.07, 6.45) is 1.40. The zero-order chi connectivity index (χ0) is 21.1. The van der Waals surface area contributed by atoms with Gasteiger partial charge in [-0.25, -0.2) is 4.39 Å². The minimum absolute atomic E-state index is 0. The number of nitrogens with zero attached hydrogens (tertiary/aromatic N) is 1. The molecular formula is C22H31FIN3O3. The average molecular weight is 531 g/mol. The van der Waals surface area contributed by atoms with E-state index in [4.69, 9.17) is 14.2 Å². The predicted molar refractivity (Wildman–Crippen MR) is 129 cm³/mol. The van der Waals surface area contributed by atoms with Crippen molar-refractivity contribution in [2.24, 2.45) is 4.99 Å². The molecule has 0 aliphatic carbocycles. The molecule has 0 atom stereocenters. The summed E-state index contributed by atoms with van der Waals surface area (Å²) in [6.45, 7) is 4.00. The van der Waals surface area contributed by atoms with Crippen LogP contribution in [-0.4, -0.2) is 46.9 Å². The van der Waals surface area contributed by atoms with E-state index in [1.807, 2.05) is 25.1 Å². The first-order chi connectivity index (χ1) is 14.1. The van der Waals surface area contributed by atoms with Crippen molar-refractivity contribution in [1.82, 2.24) is 10.6 Å². The summed E-state index contributed by atoms with van der Waals surface area (Å²) in [5, 5.41) is 6.51. The minimum Gasteiger partial charge on any atom is -0.493 e. The van der Waals surface area contributed by atoms with Crippen LogP contribution in [0, 0.1) is 5.82 Å². The van der Waals surface area contributed by atoms with Crippen molar-refractivity contribution in [2.75, 3.05) is 41.0 Å². The van der Waals surface area contributed by atoms with Crippen LogP contribution >= 0.6 is 24.0 Å². The molecule has 0 spiro atoms. The molecule has 30 heavy (non-hydrogen) atoms. The maximum absolute atomic E-state index is 13.3. The van der Waals surface area contributed by atoms with Crippen LogP contribution in [0.15, 0.2) is 41.4 Å². The summed E-state index contributed by atoms with van der Waals surface area (Å²) < 4.78 is 29.6. The van der Waals surface area contributed by atoms with E-state index in [0.717, 1.165) is 23.6 Å². The van der Waals surface area contributed by atoms with Crippen LogP contribution in [0.5, 0.6) is 17.2 Å². The van der Waals surface area contributed by atoms with Crippen molar-refractivity contribution in [3.8, 4) is 17.2 Å². The second-order valence-electron chi connectivity index (χ2n) is 6.31. The summed E-state index contributed by atoms with van der Waals surface area (Å²) in [4.78, 5) is 4.62. The molecule has 6 nitrogen and oxygen atoms in total. The van der Waals surface area contributed by atoms with E-state index in [1.165, 1.54) is 6.07 Å². The van der Waals surface area contributed by atoms with Gasteiger partial charge in [0.15, 0.2) is 17.5 Å². The lowest BCUT2D eigenvalue weighted by Crippen LogP contribution is -2.38. The monoisotopic (exact) mass is 531 g/mol. The van der Waals surface area contributed by atoms with E-state index in [2.05, 4.69) is 15.6 Å². The molecule has 0 heterocycles. The quantitative estimate of drug-likeness (QED) is 0.278. The fraction of sp³-hybridized carbons (Fsp3) is 0.409. The first-order valence-electron chi connectivity index (χ1n) is 9.67. The van der Waals surface area contributed by atoms with Gasteiger partial charge in [-0.15, -0.1) is 24.0 Å². The van der Waals surface area contributed by atoms with Crippen LogP contribution in [-0.2, 0) is 12.8 Å². The molecule has 0 aromatic heterocycles. The molecule has 0 aliphatic heterocycles. The van der Waals surface area contributed by atoms with Gasteiger partial charge in [0.25, 0.3) is 0 Å². The lowest BCUT2D eigenvalue weighted by atomic mass is 10.1. The van der Waals surface area contributed by atoms with Crippen molar-refractivity contribution in [3.05, 3.63) is 53.3 Å². The number of nitrogens with one attached hydrogen (secondary N) is 2. The molecule has 0 bridgehead atoms. The van der Waals surface area contributed by atoms with Gasteiger partial charge in [0, 0.05) is 25.2 Å². The zero-order valence-electron chi connectivity index (χ0n) is 18.0. The molecule has 2 N–H and O–H groups in total. The topological polar surface area (TPSA) is 64.1 Å². The number of rotatable bonds is 10. The smallest absolute Gasteiger partial charge is 0.203 e. The molecule has 166 valence electrons. The summed E-state index contributed by atoms with van der Waals surface area (Å²) in [5.41, 5.74) is 1.94. The second kappa shape index (κ2) is 13.9. The number of methoxy groups -OCH3 is 3. The van der Waals surface area contributed by atoms with Crippen molar-refractivity contribution in [2.45, 2.75) is 19.8 Å². The molecule has 8 heteroatoms. The second-order valence-corrected chi connectivity index (χ2v) is 6.31. The first-order valence-corrected chi connectivity index (χ1v) is 9.67. The number of hydrogen-bond acceptors (Lipinski definition) is 4. The Kier molecular flexibility index (Phi) is 12.0. The van der Waals surface area contributed by atoms with Gasteiger partial charge in [-0.2, -0.15) is 0 Å². The number of halogens is 2. The predicted octanol–water partition coefficient (Wildman–Crippen LogP) is 3.81. The maximum atomic E-state index is 13.3. The molecule has 0 aliphatic rings. The van der Waals surface area contributed by atoms with Crippen molar-refractivity contribution in [3.63, 3.8) is 0 Å². The third-order valence-electron chi connectivity index (χ3n) is 4.38. The number of guanidine groups is 1. The van der Waals surface area contributed by atoms with Crippen molar-refractivity contribution < 1.29 is 18.6 Å². The van der Waals surface area contributed by atoms with E-state index in [9.17, 15) is 4.39 Å². The molecule has 0 saturated heterocycles. The molecule has 2 aromatic rings. The molecule has 0 fully saturated rings. The SMILES string of the molecule is CCNC(=NCCc1ccc(OC)c(OC)c1OC)NCCc1cccc(F)c1.I. The molecule has 0 radical (unpaired) electrons. The van der Waals surface area contributed by atoms with Gasteiger partial charge in [-0.1, -0.05) is 18.2 Å². The van der Waals surface area contributed by atoms with Crippen molar-refractivity contribution >= 4 is 29.9 Å². The van der Waals surface area contributed by atoms with Crippen LogP contribution in [0.25, 0.3) is 0 Å². The summed E-state index contributed by atoms with van der Waals surface area (Å²) in [6, 6.07) is 10.5. The Labute approximate surface area is 195 Å². The van der Waals surface area contributed by atoms with Crippen LogP contribution in [0.4, 0.5) is 4.39 Å². The highest BCUT2D eigenvalue weighted by Crippen LogP contribution is 2.39. The van der Waals surface area contributed by atoms with Gasteiger partial charge in [0.2, 0.25) is 5.75 Å². The minimum atomic E-state index is -0.216. The number of hydrogen-bond donors (Lipinski definition) is 2. The number of benzene rings is 2. The standard InChI is InChI=1S/C22H30FN3O3.HI/c1-5-24-22(25-13-11-16-7-6-8-18(23)15-16)26-14-12-17-9-10-19(27-2)21(29-4)20(17)28-3;/h6-10,15H,5,11-14H2,1-4H3,(H2,24,25,26);1H. The molecule has 2 rings (SSSR count). The molecule has 0 saturated carbocycles. The molecule has 0 unspecified atom stereocenters.